The Labute approximate surface area is 116 Å². The topological polar surface area (TPSA) is 104 Å². The number of rotatable bonds is 5. The average molecular weight is 324 g/mol. The van der Waals surface area contributed by atoms with Crippen molar-refractivity contribution in [3.63, 3.8) is 0 Å². The quantitative estimate of drug-likeness (QED) is 0.489. The summed E-state index contributed by atoms with van der Waals surface area (Å²) in [6.07, 6.45) is 0.451. The highest BCUT2D eigenvalue weighted by molar-refractivity contribution is 7.80. The van der Waals surface area contributed by atoms with E-state index < -0.39 is 26.7 Å². The van der Waals surface area contributed by atoms with E-state index in [0.29, 0.717) is 10.5 Å². The summed E-state index contributed by atoms with van der Waals surface area (Å²) in [4.78, 5) is 28.4. The molecule has 0 spiro atoms. The van der Waals surface area contributed by atoms with Gasteiger partial charge in [0, 0.05) is 12.0 Å². The SMILES string of the molecule is COP(=O)(O)C/C(=C\c1ccc(S)cc1)P(=O)(O)O. The lowest BCUT2D eigenvalue weighted by molar-refractivity contribution is 0.317. The maximum atomic E-state index is 11.4. The van der Waals surface area contributed by atoms with E-state index in [2.05, 4.69) is 17.2 Å². The molecule has 19 heavy (non-hydrogen) atoms. The normalized spacial score (nSPS) is 16.2. The van der Waals surface area contributed by atoms with Crippen LogP contribution in [0.15, 0.2) is 34.5 Å². The van der Waals surface area contributed by atoms with E-state index in [9.17, 15) is 23.8 Å². The lowest BCUT2D eigenvalue weighted by Crippen LogP contribution is -1.97. The van der Waals surface area contributed by atoms with Gasteiger partial charge < -0.3 is 19.2 Å². The molecule has 1 aromatic carbocycles. The molecule has 0 radical (unpaired) electrons. The number of hydrogen-bond donors (Lipinski definition) is 4. The fourth-order valence-corrected chi connectivity index (χ4v) is 3.62. The van der Waals surface area contributed by atoms with Crippen molar-refractivity contribution < 1.29 is 28.3 Å². The fourth-order valence-electron chi connectivity index (χ4n) is 1.25. The Morgan fingerprint density at radius 1 is 1.26 bits per heavy atom. The first kappa shape index (κ1) is 16.7. The Morgan fingerprint density at radius 3 is 2.21 bits per heavy atom. The van der Waals surface area contributed by atoms with E-state index in [0.717, 1.165) is 7.11 Å². The molecule has 1 rings (SSSR count). The summed E-state index contributed by atoms with van der Waals surface area (Å²) in [5, 5.41) is -0.452. The van der Waals surface area contributed by atoms with E-state index in [1.165, 1.54) is 6.08 Å². The summed E-state index contributed by atoms with van der Waals surface area (Å²) in [5.41, 5.74) is 0.493. The van der Waals surface area contributed by atoms with Gasteiger partial charge in [0.05, 0.1) is 11.5 Å². The molecule has 0 aliphatic carbocycles. The third-order valence-corrected chi connectivity index (χ3v) is 5.14. The standard InChI is InChI=1S/C10H14O6P2S/c1-16-17(11,12)7-9(18(13,14)15)6-8-2-4-10(19)5-3-8/h2-6,19H,7H2,1H3,(H,11,12)(H2,13,14,15)/b9-6+. The molecule has 0 fully saturated rings. The van der Waals surface area contributed by atoms with Crippen LogP contribution in [0.4, 0.5) is 0 Å². The number of allylic oxidation sites excluding steroid dienone is 1. The zero-order chi connectivity index (χ0) is 14.7. The highest BCUT2D eigenvalue weighted by Crippen LogP contribution is 2.54. The van der Waals surface area contributed by atoms with Crippen molar-refractivity contribution in [2.75, 3.05) is 13.3 Å². The lowest BCUT2D eigenvalue weighted by Gasteiger charge is -2.13. The van der Waals surface area contributed by atoms with Crippen LogP contribution in [0.25, 0.3) is 6.08 Å². The molecule has 106 valence electrons. The van der Waals surface area contributed by atoms with Crippen molar-refractivity contribution in [2.24, 2.45) is 0 Å². The van der Waals surface area contributed by atoms with E-state index >= 15 is 0 Å². The number of benzene rings is 1. The summed E-state index contributed by atoms with van der Waals surface area (Å²) in [7, 11) is -7.67. The van der Waals surface area contributed by atoms with Gasteiger partial charge in [-0.3, -0.25) is 9.13 Å². The molecule has 0 aliphatic heterocycles. The van der Waals surface area contributed by atoms with Crippen LogP contribution in [0.5, 0.6) is 0 Å². The van der Waals surface area contributed by atoms with Gasteiger partial charge in [-0.2, -0.15) is 0 Å². The van der Waals surface area contributed by atoms with Gasteiger partial charge in [-0.25, -0.2) is 0 Å². The largest absolute Gasteiger partial charge is 0.352 e. The van der Waals surface area contributed by atoms with E-state index in [-0.39, 0.29) is 0 Å². The van der Waals surface area contributed by atoms with Gasteiger partial charge in [0.25, 0.3) is 0 Å². The second-order valence-corrected chi connectivity index (χ2v) is 7.88. The summed E-state index contributed by atoms with van der Waals surface area (Å²) in [5.74, 6) is 0. The van der Waals surface area contributed by atoms with Gasteiger partial charge >= 0.3 is 15.2 Å². The van der Waals surface area contributed by atoms with Gasteiger partial charge in [0.2, 0.25) is 0 Å². The first-order valence-electron chi connectivity index (χ1n) is 5.07. The minimum Gasteiger partial charge on any atom is -0.324 e. The Kier molecular flexibility index (Phi) is 5.59. The van der Waals surface area contributed by atoms with Crippen molar-refractivity contribution >= 4 is 33.9 Å². The van der Waals surface area contributed by atoms with Crippen molar-refractivity contribution in [3.8, 4) is 0 Å². The van der Waals surface area contributed by atoms with Crippen LogP contribution in [-0.2, 0) is 13.7 Å². The van der Waals surface area contributed by atoms with Crippen LogP contribution in [-0.4, -0.2) is 28.0 Å². The molecule has 0 bridgehead atoms. The minimum absolute atomic E-state index is 0.452. The number of thiol groups is 1. The Hall–Kier alpha value is -0.390. The van der Waals surface area contributed by atoms with Crippen molar-refractivity contribution in [2.45, 2.75) is 4.90 Å². The molecule has 1 atom stereocenters. The van der Waals surface area contributed by atoms with E-state index in [4.69, 9.17) is 0 Å². The minimum atomic E-state index is -4.63. The Bertz CT molecular complexity index is 562. The van der Waals surface area contributed by atoms with Gasteiger partial charge in [-0.15, -0.1) is 12.6 Å². The van der Waals surface area contributed by atoms with Crippen LogP contribution in [0.2, 0.25) is 0 Å². The molecule has 0 saturated carbocycles. The fraction of sp³-hybridized carbons (Fsp3) is 0.200. The van der Waals surface area contributed by atoms with Crippen molar-refractivity contribution in [1.82, 2.24) is 0 Å². The van der Waals surface area contributed by atoms with Crippen LogP contribution >= 0.6 is 27.8 Å². The molecule has 0 saturated heterocycles. The molecule has 1 aromatic rings. The Balaban J connectivity index is 3.15. The van der Waals surface area contributed by atoms with E-state index in [1.54, 1.807) is 24.3 Å². The molecule has 0 aliphatic rings. The predicted octanol–water partition coefficient (Wildman–Crippen LogP) is 2.33. The Morgan fingerprint density at radius 2 is 1.79 bits per heavy atom. The highest BCUT2D eigenvalue weighted by atomic mass is 32.1. The first-order chi connectivity index (χ1) is 8.64. The van der Waals surface area contributed by atoms with Crippen LogP contribution in [0.1, 0.15) is 5.56 Å². The molecule has 9 heteroatoms. The third-order valence-electron chi connectivity index (χ3n) is 2.25. The zero-order valence-corrected chi connectivity index (χ0v) is 12.7. The number of hydrogen-bond acceptors (Lipinski definition) is 4. The molecule has 0 aromatic heterocycles. The molecule has 1 unspecified atom stereocenters. The van der Waals surface area contributed by atoms with Gasteiger partial charge in [-0.1, -0.05) is 12.1 Å². The second kappa shape index (κ2) is 6.37. The molecular weight excluding hydrogens is 310 g/mol. The summed E-state index contributed by atoms with van der Waals surface area (Å²) < 4.78 is 27.1. The van der Waals surface area contributed by atoms with Crippen LogP contribution in [0.3, 0.4) is 0 Å². The summed E-state index contributed by atoms with van der Waals surface area (Å²) in [6.45, 7) is 0. The summed E-state index contributed by atoms with van der Waals surface area (Å²) in [6, 6.07) is 6.46. The maximum absolute atomic E-state index is 11.4. The van der Waals surface area contributed by atoms with Crippen LogP contribution in [0, 0.1) is 0 Å². The van der Waals surface area contributed by atoms with Crippen LogP contribution < -0.4 is 0 Å². The smallest absolute Gasteiger partial charge is 0.324 e. The second-order valence-electron chi connectivity index (χ2n) is 3.75. The maximum Gasteiger partial charge on any atom is 0.352 e. The molecule has 0 heterocycles. The molecule has 0 amide bonds. The van der Waals surface area contributed by atoms with Crippen molar-refractivity contribution in [1.29, 1.82) is 0 Å². The third kappa shape index (κ3) is 5.63. The average Bonchev–Trinajstić information content (AvgIpc) is 2.30. The zero-order valence-electron chi connectivity index (χ0n) is 10.0. The predicted molar refractivity (Wildman–Crippen MR) is 75.4 cm³/mol. The molecule has 3 N–H and O–H groups in total. The molecular formula is C10H14O6P2S. The summed E-state index contributed by atoms with van der Waals surface area (Å²) >= 11 is 4.08. The van der Waals surface area contributed by atoms with E-state index in [1.807, 2.05) is 0 Å². The first-order valence-corrected chi connectivity index (χ1v) is 8.89. The van der Waals surface area contributed by atoms with Gasteiger partial charge in [0.15, 0.2) is 0 Å². The van der Waals surface area contributed by atoms with Gasteiger partial charge in [-0.05, 0) is 23.8 Å². The monoisotopic (exact) mass is 324 g/mol. The highest BCUT2D eigenvalue weighted by Gasteiger charge is 2.29. The lowest BCUT2D eigenvalue weighted by atomic mass is 10.2. The van der Waals surface area contributed by atoms with Gasteiger partial charge in [0.1, 0.15) is 0 Å². The molecule has 6 nitrogen and oxygen atoms in total. The van der Waals surface area contributed by atoms with Crippen molar-refractivity contribution in [3.05, 3.63) is 35.1 Å².